The van der Waals surface area contributed by atoms with E-state index in [0.717, 1.165) is 25.4 Å². The van der Waals surface area contributed by atoms with Crippen molar-refractivity contribution in [1.29, 1.82) is 0 Å². The lowest BCUT2D eigenvalue weighted by Gasteiger charge is -2.14. The van der Waals surface area contributed by atoms with Gasteiger partial charge in [0.1, 0.15) is 5.75 Å². The standard InChI is InChI=1S/C14H24N2O/c1-4-6-12(3)11-17-14-10-16-8-7-13(14)9-15-5-2/h7-8,10,12,15H,4-6,9,11H2,1-3H3. The summed E-state index contributed by atoms with van der Waals surface area (Å²) in [5.41, 5.74) is 1.19. The molecule has 0 aliphatic carbocycles. The molecule has 1 heterocycles. The van der Waals surface area contributed by atoms with E-state index in [4.69, 9.17) is 4.74 Å². The first-order valence-corrected chi connectivity index (χ1v) is 6.54. The molecule has 1 aromatic rings. The van der Waals surface area contributed by atoms with Gasteiger partial charge in [-0.3, -0.25) is 4.98 Å². The lowest BCUT2D eigenvalue weighted by Crippen LogP contribution is -2.14. The van der Waals surface area contributed by atoms with Crippen LogP contribution >= 0.6 is 0 Å². The lowest BCUT2D eigenvalue weighted by atomic mass is 10.1. The molecule has 1 aromatic heterocycles. The van der Waals surface area contributed by atoms with Crippen LogP contribution in [0.3, 0.4) is 0 Å². The van der Waals surface area contributed by atoms with E-state index in [2.05, 4.69) is 31.1 Å². The summed E-state index contributed by atoms with van der Waals surface area (Å²) in [6.45, 7) is 9.12. The van der Waals surface area contributed by atoms with E-state index in [-0.39, 0.29) is 0 Å². The largest absolute Gasteiger partial charge is 0.491 e. The Morgan fingerprint density at radius 3 is 2.94 bits per heavy atom. The van der Waals surface area contributed by atoms with Gasteiger partial charge in [-0.25, -0.2) is 0 Å². The topological polar surface area (TPSA) is 34.1 Å². The number of aromatic nitrogens is 1. The Balaban J connectivity index is 2.51. The highest BCUT2D eigenvalue weighted by Gasteiger charge is 2.06. The monoisotopic (exact) mass is 236 g/mol. The molecule has 1 rings (SSSR count). The summed E-state index contributed by atoms with van der Waals surface area (Å²) >= 11 is 0. The normalized spacial score (nSPS) is 12.4. The molecule has 0 aromatic carbocycles. The minimum atomic E-state index is 0.604. The molecular formula is C14H24N2O. The van der Waals surface area contributed by atoms with Gasteiger partial charge in [-0.15, -0.1) is 0 Å². The zero-order valence-electron chi connectivity index (χ0n) is 11.2. The third-order valence-corrected chi connectivity index (χ3v) is 2.74. The maximum absolute atomic E-state index is 5.85. The molecular weight excluding hydrogens is 212 g/mol. The highest BCUT2D eigenvalue weighted by Crippen LogP contribution is 2.17. The van der Waals surface area contributed by atoms with E-state index in [0.29, 0.717) is 5.92 Å². The van der Waals surface area contributed by atoms with Crippen LogP contribution in [0.25, 0.3) is 0 Å². The van der Waals surface area contributed by atoms with Gasteiger partial charge in [0.05, 0.1) is 12.8 Å². The summed E-state index contributed by atoms with van der Waals surface area (Å²) in [5, 5.41) is 3.31. The fourth-order valence-corrected chi connectivity index (χ4v) is 1.75. The van der Waals surface area contributed by atoms with Crippen LogP contribution in [0.15, 0.2) is 18.5 Å². The van der Waals surface area contributed by atoms with Gasteiger partial charge >= 0.3 is 0 Å². The Labute approximate surface area is 105 Å². The van der Waals surface area contributed by atoms with Gasteiger partial charge in [-0.1, -0.05) is 27.2 Å². The Morgan fingerprint density at radius 2 is 2.24 bits per heavy atom. The van der Waals surface area contributed by atoms with Gasteiger partial charge in [0.2, 0.25) is 0 Å². The molecule has 1 unspecified atom stereocenters. The molecule has 0 fully saturated rings. The molecule has 0 saturated heterocycles. The van der Waals surface area contributed by atoms with Gasteiger partial charge < -0.3 is 10.1 Å². The van der Waals surface area contributed by atoms with Crippen molar-refractivity contribution in [3.63, 3.8) is 0 Å². The number of rotatable bonds is 8. The van der Waals surface area contributed by atoms with E-state index in [9.17, 15) is 0 Å². The quantitative estimate of drug-likeness (QED) is 0.753. The molecule has 1 atom stereocenters. The number of pyridine rings is 1. The fraction of sp³-hybridized carbons (Fsp3) is 0.643. The van der Waals surface area contributed by atoms with Crippen molar-refractivity contribution in [2.24, 2.45) is 5.92 Å². The van der Waals surface area contributed by atoms with Crippen LogP contribution in [0.2, 0.25) is 0 Å². The number of ether oxygens (including phenoxy) is 1. The van der Waals surface area contributed by atoms with E-state index in [1.807, 2.05) is 18.5 Å². The van der Waals surface area contributed by atoms with Gasteiger partial charge in [0, 0.05) is 18.3 Å². The summed E-state index contributed by atoms with van der Waals surface area (Å²) < 4.78 is 5.85. The van der Waals surface area contributed by atoms with Gasteiger partial charge in [-0.05, 0) is 24.9 Å². The molecule has 0 spiro atoms. The molecule has 0 radical (unpaired) electrons. The maximum Gasteiger partial charge on any atom is 0.142 e. The average Bonchev–Trinajstić information content (AvgIpc) is 2.35. The predicted molar refractivity (Wildman–Crippen MR) is 71.2 cm³/mol. The Bertz CT molecular complexity index is 315. The predicted octanol–water partition coefficient (Wildman–Crippen LogP) is 3.01. The summed E-state index contributed by atoms with van der Waals surface area (Å²) in [4.78, 5) is 4.12. The summed E-state index contributed by atoms with van der Waals surface area (Å²) in [6, 6.07) is 2.02. The number of nitrogens with zero attached hydrogens (tertiary/aromatic N) is 1. The second kappa shape index (κ2) is 8.07. The summed E-state index contributed by atoms with van der Waals surface area (Å²) in [7, 11) is 0. The Kier molecular flexibility index (Phi) is 6.63. The van der Waals surface area contributed by atoms with Crippen LogP contribution in [0.4, 0.5) is 0 Å². The first-order valence-electron chi connectivity index (χ1n) is 6.54. The van der Waals surface area contributed by atoms with Crippen LogP contribution in [0.5, 0.6) is 5.75 Å². The second-order valence-electron chi connectivity index (χ2n) is 4.47. The zero-order valence-corrected chi connectivity index (χ0v) is 11.2. The molecule has 3 nitrogen and oxygen atoms in total. The Morgan fingerprint density at radius 1 is 1.41 bits per heavy atom. The highest BCUT2D eigenvalue weighted by molar-refractivity contribution is 5.29. The Hall–Kier alpha value is -1.09. The molecule has 17 heavy (non-hydrogen) atoms. The second-order valence-corrected chi connectivity index (χ2v) is 4.47. The SMILES string of the molecule is CCCC(C)COc1cnccc1CNCC. The van der Waals surface area contributed by atoms with Crippen LogP contribution in [0.1, 0.15) is 39.2 Å². The van der Waals surface area contributed by atoms with Crippen molar-refractivity contribution in [3.8, 4) is 5.75 Å². The van der Waals surface area contributed by atoms with Crippen LogP contribution < -0.4 is 10.1 Å². The van der Waals surface area contributed by atoms with E-state index >= 15 is 0 Å². The van der Waals surface area contributed by atoms with Crippen molar-refractivity contribution in [2.45, 2.75) is 40.2 Å². The molecule has 96 valence electrons. The molecule has 1 N–H and O–H groups in total. The van der Waals surface area contributed by atoms with Crippen LogP contribution in [0, 0.1) is 5.92 Å². The van der Waals surface area contributed by atoms with Gasteiger partial charge in [0.15, 0.2) is 0 Å². The average molecular weight is 236 g/mol. The minimum Gasteiger partial charge on any atom is -0.491 e. The van der Waals surface area contributed by atoms with E-state index in [1.54, 1.807) is 0 Å². The van der Waals surface area contributed by atoms with Gasteiger partial charge in [0.25, 0.3) is 0 Å². The molecule has 0 aliphatic heterocycles. The van der Waals surface area contributed by atoms with Crippen molar-refractivity contribution < 1.29 is 4.74 Å². The van der Waals surface area contributed by atoms with Gasteiger partial charge in [-0.2, -0.15) is 0 Å². The van der Waals surface area contributed by atoms with E-state index in [1.165, 1.54) is 18.4 Å². The fourth-order valence-electron chi connectivity index (χ4n) is 1.75. The van der Waals surface area contributed by atoms with Crippen LogP contribution in [-0.4, -0.2) is 18.1 Å². The third kappa shape index (κ3) is 5.18. The van der Waals surface area contributed by atoms with Crippen LogP contribution in [-0.2, 0) is 6.54 Å². The summed E-state index contributed by atoms with van der Waals surface area (Å²) in [5.74, 6) is 1.52. The molecule has 0 saturated carbocycles. The van der Waals surface area contributed by atoms with Crippen molar-refractivity contribution in [1.82, 2.24) is 10.3 Å². The summed E-state index contributed by atoms with van der Waals surface area (Å²) in [6.07, 6.45) is 6.05. The zero-order chi connectivity index (χ0) is 12.5. The molecule has 0 aliphatic rings. The van der Waals surface area contributed by atoms with Crippen molar-refractivity contribution in [2.75, 3.05) is 13.2 Å². The molecule has 0 bridgehead atoms. The maximum atomic E-state index is 5.85. The minimum absolute atomic E-state index is 0.604. The smallest absolute Gasteiger partial charge is 0.142 e. The molecule has 0 amide bonds. The first-order chi connectivity index (χ1) is 8.27. The van der Waals surface area contributed by atoms with E-state index < -0.39 is 0 Å². The molecule has 3 heteroatoms. The van der Waals surface area contributed by atoms with Crippen molar-refractivity contribution in [3.05, 3.63) is 24.0 Å². The van der Waals surface area contributed by atoms with Crippen molar-refractivity contribution >= 4 is 0 Å². The number of hydrogen-bond donors (Lipinski definition) is 1. The highest BCUT2D eigenvalue weighted by atomic mass is 16.5. The lowest BCUT2D eigenvalue weighted by molar-refractivity contribution is 0.248. The number of hydrogen-bond acceptors (Lipinski definition) is 3. The first kappa shape index (κ1) is 14.0. The number of nitrogens with one attached hydrogen (secondary N) is 1. The third-order valence-electron chi connectivity index (χ3n) is 2.74.